The van der Waals surface area contributed by atoms with E-state index in [1.165, 1.54) is 0 Å². The molecule has 0 aromatic carbocycles. The van der Waals surface area contributed by atoms with Gasteiger partial charge in [0.15, 0.2) is 0 Å². The van der Waals surface area contributed by atoms with Gasteiger partial charge in [0, 0.05) is 19.1 Å². The van der Waals surface area contributed by atoms with Crippen LogP contribution in [0.25, 0.3) is 0 Å². The van der Waals surface area contributed by atoms with Crippen molar-refractivity contribution in [1.29, 1.82) is 0 Å². The Bertz CT molecular complexity index is 303. The van der Waals surface area contributed by atoms with Crippen LogP contribution < -0.4 is 10.6 Å². The summed E-state index contributed by atoms with van der Waals surface area (Å²) in [4.78, 5) is 10.4. The normalized spacial score (nSPS) is 20.9. The SMILES string of the molecule is Cl.NC1CCCN(c2ncc(Cl)cn2)C1. The third-order valence-corrected chi connectivity index (χ3v) is 2.54. The smallest absolute Gasteiger partial charge is 0.225 e. The van der Waals surface area contributed by atoms with Gasteiger partial charge in [-0.15, -0.1) is 12.4 Å². The lowest BCUT2D eigenvalue weighted by Gasteiger charge is -2.30. The van der Waals surface area contributed by atoms with Gasteiger partial charge in [0.05, 0.1) is 17.4 Å². The first-order chi connectivity index (χ1) is 6.75. The molecule has 0 saturated carbocycles. The molecule has 0 aliphatic carbocycles. The number of rotatable bonds is 1. The van der Waals surface area contributed by atoms with Crippen molar-refractivity contribution in [3.63, 3.8) is 0 Å². The lowest BCUT2D eigenvalue weighted by molar-refractivity contribution is 0.500. The highest BCUT2D eigenvalue weighted by molar-refractivity contribution is 6.30. The summed E-state index contributed by atoms with van der Waals surface area (Å²) in [7, 11) is 0. The second kappa shape index (κ2) is 5.49. The molecule has 1 fully saturated rings. The van der Waals surface area contributed by atoms with Crippen molar-refractivity contribution < 1.29 is 0 Å². The van der Waals surface area contributed by atoms with Crippen LogP contribution in [0, 0.1) is 0 Å². The fourth-order valence-electron chi connectivity index (χ4n) is 1.66. The van der Waals surface area contributed by atoms with Crippen molar-refractivity contribution in [2.75, 3.05) is 18.0 Å². The zero-order chi connectivity index (χ0) is 9.97. The van der Waals surface area contributed by atoms with E-state index in [1.807, 2.05) is 0 Å². The molecule has 2 heterocycles. The van der Waals surface area contributed by atoms with Crippen molar-refractivity contribution in [2.45, 2.75) is 18.9 Å². The zero-order valence-electron chi connectivity index (χ0n) is 8.27. The second-order valence-electron chi connectivity index (χ2n) is 3.55. The average Bonchev–Trinajstić information content (AvgIpc) is 2.19. The zero-order valence-corrected chi connectivity index (χ0v) is 9.84. The van der Waals surface area contributed by atoms with E-state index >= 15 is 0 Å². The van der Waals surface area contributed by atoms with E-state index < -0.39 is 0 Å². The number of halogens is 2. The summed E-state index contributed by atoms with van der Waals surface area (Å²) in [6.45, 7) is 1.82. The molecule has 15 heavy (non-hydrogen) atoms. The molecule has 1 unspecified atom stereocenters. The van der Waals surface area contributed by atoms with Gasteiger partial charge in [0.1, 0.15) is 0 Å². The van der Waals surface area contributed by atoms with Gasteiger partial charge in [0.25, 0.3) is 0 Å². The molecule has 2 rings (SSSR count). The molecule has 0 amide bonds. The summed E-state index contributed by atoms with van der Waals surface area (Å²) in [5.41, 5.74) is 5.87. The molecule has 4 nitrogen and oxygen atoms in total. The Kier molecular flexibility index (Phi) is 4.57. The number of nitrogens with two attached hydrogens (primary N) is 1. The van der Waals surface area contributed by atoms with Gasteiger partial charge in [0.2, 0.25) is 5.95 Å². The Balaban J connectivity index is 0.00000112. The minimum atomic E-state index is 0. The van der Waals surface area contributed by atoms with E-state index in [0.717, 1.165) is 31.9 Å². The molecule has 0 spiro atoms. The molecule has 0 radical (unpaired) electrons. The average molecular weight is 249 g/mol. The third-order valence-electron chi connectivity index (χ3n) is 2.35. The second-order valence-corrected chi connectivity index (χ2v) is 3.99. The Morgan fingerprint density at radius 2 is 2.07 bits per heavy atom. The van der Waals surface area contributed by atoms with Crippen molar-refractivity contribution in [2.24, 2.45) is 5.73 Å². The lowest BCUT2D eigenvalue weighted by Crippen LogP contribution is -2.43. The Labute approximate surface area is 100 Å². The van der Waals surface area contributed by atoms with Gasteiger partial charge < -0.3 is 10.6 Å². The van der Waals surface area contributed by atoms with Crippen LogP contribution in [-0.2, 0) is 0 Å². The summed E-state index contributed by atoms with van der Waals surface area (Å²) >= 11 is 5.71. The van der Waals surface area contributed by atoms with Crippen molar-refractivity contribution >= 4 is 30.0 Å². The summed E-state index contributed by atoms with van der Waals surface area (Å²) in [6, 6.07) is 0.239. The van der Waals surface area contributed by atoms with Gasteiger partial charge in [-0.05, 0) is 12.8 Å². The number of piperidine rings is 1. The van der Waals surface area contributed by atoms with Gasteiger partial charge in [-0.25, -0.2) is 9.97 Å². The molecule has 6 heteroatoms. The molecule has 1 saturated heterocycles. The van der Waals surface area contributed by atoms with Crippen LogP contribution in [0.5, 0.6) is 0 Å². The number of aromatic nitrogens is 2. The number of nitrogens with zero attached hydrogens (tertiary/aromatic N) is 3. The molecular formula is C9H14Cl2N4. The Morgan fingerprint density at radius 3 is 2.67 bits per heavy atom. The van der Waals surface area contributed by atoms with E-state index in [9.17, 15) is 0 Å². The maximum absolute atomic E-state index is 5.87. The number of hydrogen-bond donors (Lipinski definition) is 1. The minimum Gasteiger partial charge on any atom is -0.339 e. The predicted molar refractivity (Wildman–Crippen MR) is 63.7 cm³/mol. The first-order valence-corrected chi connectivity index (χ1v) is 5.11. The van der Waals surface area contributed by atoms with Crippen LogP contribution in [0.1, 0.15) is 12.8 Å². The Morgan fingerprint density at radius 1 is 1.40 bits per heavy atom. The van der Waals surface area contributed by atoms with E-state index in [4.69, 9.17) is 17.3 Å². The van der Waals surface area contributed by atoms with Gasteiger partial charge in [-0.2, -0.15) is 0 Å². The summed E-state index contributed by atoms with van der Waals surface area (Å²) < 4.78 is 0. The topological polar surface area (TPSA) is 55.0 Å². The summed E-state index contributed by atoms with van der Waals surface area (Å²) in [5.74, 6) is 0.726. The van der Waals surface area contributed by atoms with Gasteiger partial charge >= 0.3 is 0 Å². The fraction of sp³-hybridized carbons (Fsp3) is 0.556. The molecule has 1 aliphatic rings. The first-order valence-electron chi connectivity index (χ1n) is 4.74. The fourth-order valence-corrected chi connectivity index (χ4v) is 1.76. The molecule has 1 aromatic heterocycles. The highest BCUT2D eigenvalue weighted by Gasteiger charge is 2.18. The van der Waals surface area contributed by atoms with Crippen LogP contribution >= 0.6 is 24.0 Å². The minimum absolute atomic E-state index is 0. The summed E-state index contributed by atoms with van der Waals surface area (Å²) in [5, 5.41) is 0.565. The van der Waals surface area contributed by atoms with E-state index in [1.54, 1.807) is 12.4 Å². The molecule has 1 aliphatic heterocycles. The molecule has 2 N–H and O–H groups in total. The molecule has 1 atom stereocenters. The molecular weight excluding hydrogens is 235 g/mol. The van der Waals surface area contributed by atoms with Crippen LogP contribution in [0.4, 0.5) is 5.95 Å². The third kappa shape index (κ3) is 3.19. The van der Waals surface area contributed by atoms with Crippen molar-refractivity contribution in [1.82, 2.24) is 9.97 Å². The Hall–Kier alpha value is -0.580. The van der Waals surface area contributed by atoms with Crippen LogP contribution in [-0.4, -0.2) is 29.1 Å². The van der Waals surface area contributed by atoms with Gasteiger partial charge in [-0.3, -0.25) is 0 Å². The van der Waals surface area contributed by atoms with Crippen LogP contribution in [0.2, 0.25) is 5.02 Å². The number of anilines is 1. The highest BCUT2D eigenvalue weighted by atomic mass is 35.5. The largest absolute Gasteiger partial charge is 0.339 e. The quantitative estimate of drug-likeness (QED) is 0.819. The lowest BCUT2D eigenvalue weighted by atomic mass is 10.1. The van der Waals surface area contributed by atoms with Crippen LogP contribution in [0.3, 0.4) is 0 Å². The molecule has 0 bridgehead atoms. The van der Waals surface area contributed by atoms with E-state index in [0.29, 0.717) is 5.02 Å². The monoisotopic (exact) mass is 248 g/mol. The number of hydrogen-bond acceptors (Lipinski definition) is 4. The highest BCUT2D eigenvalue weighted by Crippen LogP contribution is 2.15. The molecule has 84 valence electrons. The van der Waals surface area contributed by atoms with E-state index in [2.05, 4.69) is 14.9 Å². The van der Waals surface area contributed by atoms with Crippen molar-refractivity contribution in [3.8, 4) is 0 Å². The predicted octanol–water partition coefficient (Wildman–Crippen LogP) is 1.48. The standard InChI is InChI=1S/C9H13ClN4.ClH/c10-7-4-12-9(13-5-7)14-3-1-2-8(11)6-14;/h4-5,8H,1-3,6,11H2;1H. The first kappa shape index (κ1) is 12.5. The maximum atomic E-state index is 5.87. The van der Waals surface area contributed by atoms with Crippen molar-refractivity contribution in [3.05, 3.63) is 17.4 Å². The molecule has 1 aromatic rings. The van der Waals surface area contributed by atoms with E-state index in [-0.39, 0.29) is 18.4 Å². The van der Waals surface area contributed by atoms with Crippen LogP contribution in [0.15, 0.2) is 12.4 Å². The maximum Gasteiger partial charge on any atom is 0.225 e. The summed E-state index contributed by atoms with van der Waals surface area (Å²) in [6.07, 6.45) is 5.42. The van der Waals surface area contributed by atoms with Gasteiger partial charge in [-0.1, -0.05) is 11.6 Å².